The van der Waals surface area contributed by atoms with Gasteiger partial charge >= 0.3 is 6.03 Å². The van der Waals surface area contributed by atoms with Gasteiger partial charge in [0.25, 0.3) is 0 Å². The van der Waals surface area contributed by atoms with Crippen molar-refractivity contribution in [2.24, 2.45) is 11.7 Å². The Kier molecular flexibility index (Phi) is 6.82. The highest BCUT2D eigenvalue weighted by molar-refractivity contribution is 5.89. The van der Waals surface area contributed by atoms with Gasteiger partial charge in [-0.05, 0) is 56.3 Å². The summed E-state index contributed by atoms with van der Waals surface area (Å²) in [5.74, 6) is 0.688. The van der Waals surface area contributed by atoms with Crippen molar-refractivity contribution in [1.82, 2.24) is 4.90 Å². The van der Waals surface area contributed by atoms with Gasteiger partial charge < -0.3 is 16.0 Å². The minimum Gasteiger partial charge on any atom is -0.330 e. The lowest BCUT2D eigenvalue weighted by Crippen LogP contribution is -2.41. The Hall–Kier alpha value is -1.26. The number of carbonyl (C=O) groups is 1. The summed E-state index contributed by atoms with van der Waals surface area (Å²) in [5.41, 5.74) is 7.60. The van der Waals surface area contributed by atoms with Gasteiger partial charge in [-0.3, -0.25) is 0 Å². The number of rotatable bonds is 3. The molecule has 0 unspecified atom stereocenters. The fourth-order valence-corrected chi connectivity index (χ4v) is 2.59. The topological polar surface area (TPSA) is 58.4 Å². The van der Waals surface area contributed by atoms with Crippen molar-refractivity contribution < 1.29 is 4.79 Å². The molecule has 1 saturated heterocycles. The summed E-state index contributed by atoms with van der Waals surface area (Å²) in [6.45, 7) is 4.44. The number of anilines is 1. The van der Waals surface area contributed by atoms with Gasteiger partial charge in [0, 0.05) is 18.8 Å². The van der Waals surface area contributed by atoms with Crippen LogP contribution in [0.5, 0.6) is 0 Å². The second-order valence-corrected chi connectivity index (χ2v) is 5.31. The number of benzene rings is 1. The molecule has 0 atom stereocenters. The normalized spacial score (nSPS) is 15.6. The predicted octanol–water partition coefficient (Wildman–Crippen LogP) is 3.01. The minimum atomic E-state index is 0. The maximum absolute atomic E-state index is 12.1. The van der Waals surface area contributed by atoms with E-state index in [4.69, 9.17) is 5.73 Å². The van der Waals surface area contributed by atoms with Gasteiger partial charge in [0.15, 0.2) is 0 Å². The first-order valence-corrected chi connectivity index (χ1v) is 7.01. The first kappa shape index (κ1) is 16.8. The lowest BCUT2D eigenvalue weighted by atomic mass is 9.94. The number of nitrogens with two attached hydrogens (primary N) is 1. The Bertz CT molecular complexity index is 431. The zero-order valence-electron chi connectivity index (χ0n) is 12.0. The molecule has 1 aliphatic heterocycles. The van der Waals surface area contributed by atoms with Crippen molar-refractivity contribution >= 4 is 24.1 Å². The van der Waals surface area contributed by atoms with Crippen molar-refractivity contribution in [3.63, 3.8) is 0 Å². The van der Waals surface area contributed by atoms with E-state index < -0.39 is 0 Å². The SMILES string of the molecule is Cc1cccc(NC(=O)N2CCC(CCN)CC2)c1.Cl. The maximum atomic E-state index is 12.1. The quantitative estimate of drug-likeness (QED) is 0.901. The number of nitrogens with zero attached hydrogens (tertiary/aromatic N) is 1. The van der Waals surface area contributed by atoms with Crippen LogP contribution >= 0.6 is 12.4 Å². The maximum Gasteiger partial charge on any atom is 0.321 e. The summed E-state index contributed by atoms with van der Waals surface area (Å²) in [6.07, 6.45) is 3.21. The van der Waals surface area contributed by atoms with Crippen LogP contribution in [0.25, 0.3) is 0 Å². The van der Waals surface area contributed by atoms with Crippen LogP contribution in [0.3, 0.4) is 0 Å². The fourth-order valence-electron chi connectivity index (χ4n) is 2.59. The Morgan fingerprint density at radius 1 is 1.40 bits per heavy atom. The molecule has 4 nitrogen and oxygen atoms in total. The largest absolute Gasteiger partial charge is 0.330 e. The number of halogens is 1. The van der Waals surface area contributed by atoms with Gasteiger partial charge in [0.2, 0.25) is 0 Å². The second kappa shape index (κ2) is 8.12. The van der Waals surface area contributed by atoms with E-state index in [2.05, 4.69) is 5.32 Å². The average Bonchev–Trinajstić information content (AvgIpc) is 2.40. The van der Waals surface area contributed by atoms with Gasteiger partial charge in [-0.2, -0.15) is 0 Å². The molecule has 1 fully saturated rings. The van der Waals surface area contributed by atoms with Crippen LogP contribution in [-0.2, 0) is 0 Å². The van der Waals surface area contributed by atoms with Crippen molar-refractivity contribution in [3.05, 3.63) is 29.8 Å². The van der Waals surface area contributed by atoms with Crippen LogP contribution in [0.15, 0.2) is 24.3 Å². The van der Waals surface area contributed by atoms with Crippen molar-refractivity contribution in [1.29, 1.82) is 0 Å². The Balaban J connectivity index is 0.00000200. The van der Waals surface area contributed by atoms with Gasteiger partial charge in [-0.1, -0.05) is 12.1 Å². The molecule has 112 valence electrons. The molecule has 5 heteroatoms. The molecular weight excluding hydrogens is 274 g/mol. The number of nitrogens with one attached hydrogen (secondary N) is 1. The Morgan fingerprint density at radius 3 is 2.70 bits per heavy atom. The van der Waals surface area contributed by atoms with E-state index in [-0.39, 0.29) is 18.4 Å². The molecule has 3 N–H and O–H groups in total. The lowest BCUT2D eigenvalue weighted by molar-refractivity contribution is 0.180. The van der Waals surface area contributed by atoms with Gasteiger partial charge in [0.1, 0.15) is 0 Å². The standard InChI is InChI=1S/C15H23N3O.ClH/c1-12-3-2-4-14(11-12)17-15(19)18-9-6-13(5-8-16)7-10-18;/h2-4,11,13H,5-10,16H2,1H3,(H,17,19);1H. The highest BCUT2D eigenvalue weighted by Crippen LogP contribution is 2.20. The van der Waals surface area contributed by atoms with E-state index >= 15 is 0 Å². The summed E-state index contributed by atoms with van der Waals surface area (Å²) in [7, 11) is 0. The summed E-state index contributed by atoms with van der Waals surface area (Å²) in [4.78, 5) is 14.0. The Labute approximate surface area is 127 Å². The number of aryl methyl sites for hydroxylation is 1. The molecule has 1 aromatic carbocycles. The summed E-state index contributed by atoms with van der Waals surface area (Å²) in [5, 5.41) is 2.96. The highest BCUT2D eigenvalue weighted by Gasteiger charge is 2.22. The molecule has 0 spiro atoms. The molecule has 2 rings (SSSR count). The molecule has 0 aliphatic carbocycles. The molecule has 1 aliphatic rings. The molecule has 0 saturated carbocycles. The first-order valence-electron chi connectivity index (χ1n) is 7.01. The van der Waals surface area contributed by atoms with E-state index in [0.717, 1.165) is 50.1 Å². The zero-order valence-corrected chi connectivity index (χ0v) is 12.8. The number of hydrogen-bond acceptors (Lipinski definition) is 2. The first-order chi connectivity index (χ1) is 9.19. The number of amides is 2. The van der Waals surface area contributed by atoms with Crippen LogP contribution in [0.2, 0.25) is 0 Å². The summed E-state index contributed by atoms with van der Waals surface area (Å²) < 4.78 is 0. The highest BCUT2D eigenvalue weighted by atomic mass is 35.5. The predicted molar refractivity (Wildman–Crippen MR) is 85.4 cm³/mol. The lowest BCUT2D eigenvalue weighted by Gasteiger charge is -2.31. The van der Waals surface area contributed by atoms with Crippen LogP contribution in [-0.4, -0.2) is 30.6 Å². The van der Waals surface area contributed by atoms with E-state index in [9.17, 15) is 4.79 Å². The number of urea groups is 1. The molecule has 2 amide bonds. The summed E-state index contributed by atoms with van der Waals surface area (Å²) >= 11 is 0. The Morgan fingerprint density at radius 2 is 2.10 bits per heavy atom. The molecular formula is C15H24ClN3O. The van der Waals surface area contributed by atoms with Crippen molar-refractivity contribution in [2.75, 3.05) is 25.0 Å². The van der Waals surface area contributed by atoms with Crippen LogP contribution in [0.1, 0.15) is 24.8 Å². The zero-order chi connectivity index (χ0) is 13.7. The van der Waals surface area contributed by atoms with Gasteiger partial charge in [-0.25, -0.2) is 4.79 Å². The van der Waals surface area contributed by atoms with E-state index in [1.807, 2.05) is 36.1 Å². The van der Waals surface area contributed by atoms with Crippen molar-refractivity contribution in [2.45, 2.75) is 26.2 Å². The molecule has 0 bridgehead atoms. The van der Waals surface area contributed by atoms with Crippen molar-refractivity contribution in [3.8, 4) is 0 Å². The molecule has 0 radical (unpaired) electrons. The minimum absolute atomic E-state index is 0. The van der Waals surface area contributed by atoms with E-state index in [0.29, 0.717) is 5.92 Å². The van der Waals surface area contributed by atoms with E-state index in [1.165, 1.54) is 0 Å². The van der Waals surface area contributed by atoms with Gasteiger partial charge in [0.05, 0.1) is 0 Å². The number of likely N-dealkylation sites (tertiary alicyclic amines) is 1. The third-order valence-electron chi connectivity index (χ3n) is 3.75. The number of piperidine rings is 1. The van der Waals surface area contributed by atoms with Gasteiger partial charge in [-0.15, -0.1) is 12.4 Å². The number of carbonyl (C=O) groups excluding carboxylic acids is 1. The van der Waals surface area contributed by atoms with Crippen LogP contribution in [0, 0.1) is 12.8 Å². The fraction of sp³-hybridized carbons (Fsp3) is 0.533. The molecule has 20 heavy (non-hydrogen) atoms. The second-order valence-electron chi connectivity index (χ2n) is 5.31. The van der Waals surface area contributed by atoms with E-state index in [1.54, 1.807) is 0 Å². The smallest absolute Gasteiger partial charge is 0.321 e. The summed E-state index contributed by atoms with van der Waals surface area (Å²) in [6, 6.07) is 7.90. The third kappa shape index (κ3) is 4.69. The average molecular weight is 298 g/mol. The molecule has 0 aromatic heterocycles. The third-order valence-corrected chi connectivity index (χ3v) is 3.75. The molecule has 1 heterocycles. The number of hydrogen-bond donors (Lipinski definition) is 2. The van der Waals surface area contributed by atoms with Crippen LogP contribution < -0.4 is 11.1 Å². The monoisotopic (exact) mass is 297 g/mol. The van der Waals surface area contributed by atoms with Crippen LogP contribution in [0.4, 0.5) is 10.5 Å². The molecule has 1 aromatic rings.